The van der Waals surface area contributed by atoms with Gasteiger partial charge in [-0.05, 0) is 48.4 Å². The van der Waals surface area contributed by atoms with E-state index in [1.54, 1.807) is 0 Å². The van der Waals surface area contributed by atoms with E-state index in [0.717, 1.165) is 18.4 Å². The Morgan fingerprint density at radius 3 is 1.90 bits per heavy atom. The molecule has 0 unspecified atom stereocenters. The summed E-state index contributed by atoms with van der Waals surface area (Å²) in [5, 5.41) is 11.0. The quantitative estimate of drug-likeness (QED) is 0.310. The Balaban J connectivity index is 2.30. The van der Waals surface area contributed by atoms with Gasteiger partial charge in [-0.2, -0.15) is 0 Å². The Morgan fingerprint density at radius 1 is 0.667 bits per heavy atom. The predicted molar refractivity (Wildman–Crippen MR) is 132 cm³/mol. The van der Waals surface area contributed by atoms with Crippen molar-refractivity contribution in [3.05, 3.63) is 64.7 Å². The van der Waals surface area contributed by atoms with Crippen molar-refractivity contribution in [3.63, 3.8) is 0 Å². The Kier molecular flexibility index (Phi) is 10.5. The van der Waals surface area contributed by atoms with E-state index in [1.165, 1.54) is 80.9 Å². The Bertz CT molecular complexity index is 730. The maximum Gasteiger partial charge on any atom is 0.119 e. The van der Waals surface area contributed by atoms with Crippen molar-refractivity contribution in [1.29, 1.82) is 0 Å². The summed E-state index contributed by atoms with van der Waals surface area (Å²) in [6, 6.07) is 14.8. The van der Waals surface area contributed by atoms with Gasteiger partial charge >= 0.3 is 0 Å². The average Bonchev–Trinajstić information content (AvgIpc) is 2.75. The van der Waals surface area contributed by atoms with Crippen LogP contribution < -0.4 is 0 Å². The van der Waals surface area contributed by atoms with E-state index in [0.29, 0.717) is 5.75 Å². The average molecular weight is 409 g/mol. The third-order valence-corrected chi connectivity index (χ3v) is 6.59. The van der Waals surface area contributed by atoms with Crippen molar-refractivity contribution in [2.24, 2.45) is 0 Å². The molecule has 0 spiro atoms. The van der Waals surface area contributed by atoms with Gasteiger partial charge in [0.1, 0.15) is 5.75 Å². The molecule has 2 aromatic rings. The van der Waals surface area contributed by atoms with Crippen molar-refractivity contribution in [3.8, 4) is 5.75 Å². The third-order valence-electron chi connectivity index (χ3n) is 6.59. The third kappa shape index (κ3) is 6.89. The molecule has 0 aliphatic carbocycles. The molecule has 0 heterocycles. The normalized spacial score (nSPS) is 11.7. The van der Waals surface area contributed by atoms with Crippen LogP contribution >= 0.6 is 0 Å². The van der Waals surface area contributed by atoms with Crippen molar-refractivity contribution in [1.82, 2.24) is 0 Å². The van der Waals surface area contributed by atoms with Crippen LogP contribution in [-0.2, 0) is 18.3 Å². The molecule has 0 atom stereocenters. The summed E-state index contributed by atoms with van der Waals surface area (Å²) >= 11 is 0. The number of rotatable bonds is 14. The van der Waals surface area contributed by atoms with E-state index in [9.17, 15) is 5.11 Å². The number of aryl methyl sites for hydroxylation is 1. The van der Waals surface area contributed by atoms with Gasteiger partial charge in [-0.15, -0.1) is 0 Å². The number of phenolic OH excluding ortho intramolecular Hbond substituents is 1. The molecule has 0 saturated carbocycles. The molecule has 0 aromatic heterocycles. The first-order chi connectivity index (χ1) is 14.5. The molecule has 0 saturated heterocycles. The number of phenols is 1. The van der Waals surface area contributed by atoms with Gasteiger partial charge < -0.3 is 5.11 Å². The molecule has 0 amide bonds. The molecule has 0 aliphatic rings. The van der Waals surface area contributed by atoms with Crippen molar-refractivity contribution in [2.75, 3.05) is 0 Å². The summed E-state index contributed by atoms with van der Waals surface area (Å²) < 4.78 is 0. The summed E-state index contributed by atoms with van der Waals surface area (Å²) in [4.78, 5) is 0. The van der Waals surface area contributed by atoms with Crippen LogP contribution in [0.25, 0.3) is 0 Å². The molecular formula is C29H44O. The summed E-state index contributed by atoms with van der Waals surface area (Å²) in [5.41, 5.74) is 5.08. The molecular weight excluding hydrogens is 364 g/mol. The van der Waals surface area contributed by atoms with Crippen molar-refractivity contribution < 1.29 is 5.11 Å². The second-order valence-electron chi connectivity index (χ2n) is 9.42. The first-order valence-corrected chi connectivity index (χ1v) is 12.4. The van der Waals surface area contributed by atoms with Crippen LogP contribution in [-0.4, -0.2) is 5.11 Å². The summed E-state index contributed by atoms with van der Waals surface area (Å²) in [5.74, 6) is 0.460. The van der Waals surface area contributed by atoms with E-state index < -0.39 is 0 Å². The van der Waals surface area contributed by atoms with Gasteiger partial charge in [-0.1, -0.05) is 115 Å². The summed E-state index contributed by atoms with van der Waals surface area (Å²) in [6.07, 6.45) is 15.2. The minimum absolute atomic E-state index is 0.206. The standard InChI is InChI=1S/C29H44O/c1-5-7-9-11-12-17-21-26-24(18-14-10-8-6-2)22-23-27(30)28(26)29(3,4)25-19-15-13-16-20-25/h13,15-16,19-20,22-23,30H,5-12,14,17-18,21H2,1-4H3. The van der Waals surface area contributed by atoms with Crippen molar-refractivity contribution >= 4 is 0 Å². The first kappa shape index (κ1) is 24.5. The maximum absolute atomic E-state index is 11.0. The number of unbranched alkanes of at least 4 members (excludes halogenated alkanes) is 8. The molecule has 30 heavy (non-hydrogen) atoms. The topological polar surface area (TPSA) is 20.2 Å². The lowest BCUT2D eigenvalue weighted by Gasteiger charge is -2.31. The highest BCUT2D eigenvalue weighted by atomic mass is 16.3. The number of aromatic hydroxyl groups is 1. The van der Waals surface area contributed by atoms with Crippen LogP contribution in [0.4, 0.5) is 0 Å². The van der Waals surface area contributed by atoms with Gasteiger partial charge in [0.15, 0.2) is 0 Å². The molecule has 0 radical (unpaired) electrons. The van der Waals surface area contributed by atoms with E-state index >= 15 is 0 Å². The van der Waals surface area contributed by atoms with Crippen LogP contribution in [0.2, 0.25) is 0 Å². The highest BCUT2D eigenvalue weighted by Crippen LogP contribution is 2.41. The molecule has 0 fully saturated rings. The van der Waals surface area contributed by atoms with E-state index in [4.69, 9.17) is 0 Å². The van der Waals surface area contributed by atoms with Crippen LogP contribution in [0.1, 0.15) is 114 Å². The van der Waals surface area contributed by atoms with Crippen LogP contribution in [0.15, 0.2) is 42.5 Å². The van der Waals surface area contributed by atoms with Gasteiger partial charge in [0, 0.05) is 11.0 Å². The molecule has 0 aliphatic heterocycles. The number of hydrogen-bond acceptors (Lipinski definition) is 1. The zero-order valence-corrected chi connectivity index (χ0v) is 20.0. The molecule has 166 valence electrons. The molecule has 1 heteroatoms. The lowest BCUT2D eigenvalue weighted by atomic mass is 9.73. The van der Waals surface area contributed by atoms with Crippen molar-refractivity contribution in [2.45, 2.75) is 110 Å². The zero-order valence-electron chi connectivity index (χ0n) is 20.0. The Labute approximate surface area is 185 Å². The fourth-order valence-corrected chi connectivity index (χ4v) is 4.72. The summed E-state index contributed by atoms with van der Waals surface area (Å²) in [7, 11) is 0. The highest BCUT2D eigenvalue weighted by Gasteiger charge is 2.29. The lowest BCUT2D eigenvalue weighted by Crippen LogP contribution is -2.22. The number of benzene rings is 2. The Hall–Kier alpha value is -1.76. The monoisotopic (exact) mass is 408 g/mol. The van der Waals surface area contributed by atoms with Gasteiger partial charge in [0.05, 0.1) is 0 Å². The molecule has 1 N–H and O–H groups in total. The van der Waals surface area contributed by atoms with Gasteiger partial charge in [-0.3, -0.25) is 0 Å². The largest absolute Gasteiger partial charge is 0.508 e. The summed E-state index contributed by atoms with van der Waals surface area (Å²) in [6.45, 7) is 9.08. The predicted octanol–water partition coefficient (Wildman–Crippen LogP) is 8.74. The van der Waals surface area contributed by atoms with Gasteiger partial charge in [-0.25, -0.2) is 0 Å². The van der Waals surface area contributed by atoms with E-state index in [1.807, 2.05) is 6.07 Å². The fraction of sp³-hybridized carbons (Fsp3) is 0.586. The van der Waals surface area contributed by atoms with E-state index in [-0.39, 0.29) is 5.41 Å². The lowest BCUT2D eigenvalue weighted by molar-refractivity contribution is 0.449. The first-order valence-electron chi connectivity index (χ1n) is 12.4. The molecule has 2 aromatic carbocycles. The molecule has 1 nitrogen and oxygen atoms in total. The van der Waals surface area contributed by atoms with Crippen LogP contribution in [0.5, 0.6) is 5.75 Å². The van der Waals surface area contributed by atoms with Crippen LogP contribution in [0.3, 0.4) is 0 Å². The second kappa shape index (κ2) is 12.8. The second-order valence-corrected chi connectivity index (χ2v) is 9.42. The minimum atomic E-state index is -0.206. The van der Waals surface area contributed by atoms with Crippen LogP contribution in [0, 0.1) is 0 Å². The minimum Gasteiger partial charge on any atom is -0.508 e. The highest BCUT2D eigenvalue weighted by molar-refractivity contribution is 5.53. The van der Waals surface area contributed by atoms with Gasteiger partial charge in [0.25, 0.3) is 0 Å². The Morgan fingerprint density at radius 2 is 1.23 bits per heavy atom. The molecule has 0 bridgehead atoms. The smallest absolute Gasteiger partial charge is 0.119 e. The molecule has 2 rings (SSSR count). The van der Waals surface area contributed by atoms with Gasteiger partial charge in [0.2, 0.25) is 0 Å². The zero-order chi connectivity index (χ0) is 21.8. The number of hydrogen-bond donors (Lipinski definition) is 1. The fourth-order valence-electron chi connectivity index (χ4n) is 4.72. The van der Waals surface area contributed by atoms with E-state index in [2.05, 4.69) is 64.1 Å². The maximum atomic E-state index is 11.0. The SMILES string of the molecule is CCCCCCCCc1c(CCCCCC)ccc(O)c1C(C)(C)c1ccccc1.